The first-order valence-corrected chi connectivity index (χ1v) is 8.46. The fourth-order valence-corrected chi connectivity index (χ4v) is 1.61. The Morgan fingerprint density at radius 2 is 0.929 bits per heavy atom. The van der Waals surface area contributed by atoms with E-state index in [9.17, 15) is 9.59 Å². The number of aliphatic hydroxyl groups is 2. The highest BCUT2D eigenvalue weighted by Crippen LogP contribution is 1.96. The minimum Gasteiger partial charge on any atom is -0.478 e. The first-order chi connectivity index (χ1) is 13.5. The lowest BCUT2D eigenvalue weighted by atomic mass is 10.2. The van der Waals surface area contributed by atoms with Crippen LogP contribution in [0.25, 0.3) is 0 Å². The molecule has 0 atom stereocenters. The maximum absolute atomic E-state index is 10.2. The molecule has 0 heterocycles. The normalized spacial score (nSPS) is 9.36. The first-order valence-electron chi connectivity index (χ1n) is 8.46. The van der Waals surface area contributed by atoms with Crippen molar-refractivity contribution < 1.29 is 39.5 Å². The average Bonchev–Trinajstić information content (AvgIpc) is 2.73. The molecule has 0 saturated heterocycles. The van der Waals surface area contributed by atoms with Gasteiger partial charge in [0, 0.05) is 0 Å². The minimum absolute atomic E-state index is 0.0417. The molecular weight excluding hydrogens is 368 g/mol. The van der Waals surface area contributed by atoms with E-state index in [1.54, 1.807) is 60.7 Å². The quantitative estimate of drug-likeness (QED) is 0.473. The van der Waals surface area contributed by atoms with Crippen molar-refractivity contribution in [2.75, 3.05) is 39.6 Å². The number of ether oxygens (including phenoxy) is 2. The highest BCUT2D eigenvalue weighted by Gasteiger charge is 1.97. The highest BCUT2D eigenvalue weighted by atomic mass is 16.5. The van der Waals surface area contributed by atoms with Gasteiger partial charge in [-0.25, -0.2) is 9.59 Å². The van der Waals surface area contributed by atoms with Crippen LogP contribution >= 0.6 is 0 Å². The van der Waals surface area contributed by atoms with Crippen molar-refractivity contribution in [3.63, 3.8) is 0 Å². The van der Waals surface area contributed by atoms with Crippen LogP contribution in [0.2, 0.25) is 0 Å². The molecule has 0 aliphatic rings. The summed E-state index contributed by atoms with van der Waals surface area (Å²) in [5, 5.41) is 33.3. The lowest BCUT2D eigenvalue weighted by Gasteiger charge is -2.01. The number of carbonyl (C=O) groups is 2. The molecule has 0 spiro atoms. The van der Waals surface area contributed by atoms with Gasteiger partial charge in [0.15, 0.2) is 0 Å². The molecule has 28 heavy (non-hydrogen) atoms. The Bertz CT molecular complexity index is 574. The van der Waals surface area contributed by atoms with Crippen LogP contribution in [0.1, 0.15) is 20.7 Å². The van der Waals surface area contributed by atoms with Gasteiger partial charge in [-0.2, -0.15) is 0 Å². The number of benzene rings is 2. The molecule has 0 unspecified atom stereocenters. The van der Waals surface area contributed by atoms with E-state index < -0.39 is 11.9 Å². The number of hydrogen-bond donors (Lipinski definition) is 4. The third-order valence-corrected chi connectivity index (χ3v) is 2.88. The number of aromatic carboxylic acids is 2. The molecule has 0 aromatic heterocycles. The third-order valence-electron chi connectivity index (χ3n) is 2.88. The molecule has 0 aliphatic heterocycles. The Hall–Kier alpha value is -2.78. The molecule has 0 bridgehead atoms. The summed E-state index contributed by atoms with van der Waals surface area (Å²) in [7, 11) is 0. The predicted octanol–water partition coefficient (Wildman–Crippen LogP) is 1.77. The molecule has 8 heteroatoms. The van der Waals surface area contributed by atoms with Crippen LogP contribution in [0.5, 0.6) is 0 Å². The van der Waals surface area contributed by atoms with Gasteiger partial charge in [0.25, 0.3) is 0 Å². The molecule has 154 valence electrons. The molecule has 2 rings (SSSR count). The molecule has 4 N–H and O–H groups in total. The van der Waals surface area contributed by atoms with Gasteiger partial charge >= 0.3 is 11.9 Å². The van der Waals surface area contributed by atoms with Gasteiger partial charge in [-0.05, 0) is 24.3 Å². The number of rotatable bonds is 9. The summed E-state index contributed by atoms with van der Waals surface area (Å²) in [5.41, 5.74) is 0.662. The molecule has 2 aromatic rings. The molecule has 0 saturated carbocycles. The van der Waals surface area contributed by atoms with Gasteiger partial charge in [-0.1, -0.05) is 36.4 Å². The number of carboxylic acid groups (broad SMARTS) is 2. The second-order valence-electron chi connectivity index (χ2n) is 5.01. The maximum Gasteiger partial charge on any atom is 0.335 e. The van der Waals surface area contributed by atoms with Crippen LogP contribution in [0, 0.1) is 0 Å². The summed E-state index contributed by atoms with van der Waals surface area (Å²) in [6, 6.07) is 16.6. The predicted molar refractivity (Wildman–Crippen MR) is 103 cm³/mol. The largest absolute Gasteiger partial charge is 0.478 e. The second-order valence-corrected chi connectivity index (χ2v) is 5.01. The molecule has 0 fully saturated rings. The standard InChI is InChI=1S/2C7H6O2.C6H14O4/c2*8-7(9)6-4-2-1-3-5-6;7-1-3-9-5-6-10-4-2-8/h2*1-5H,(H,8,9);7-8H,1-6H2. The minimum atomic E-state index is -0.879. The lowest BCUT2D eigenvalue weighted by molar-refractivity contribution is 0.0222. The van der Waals surface area contributed by atoms with Crippen molar-refractivity contribution >= 4 is 11.9 Å². The Balaban J connectivity index is 0.000000391. The molecule has 2 aromatic carbocycles. The number of carboxylic acids is 2. The number of hydrogen-bond acceptors (Lipinski definition) is 6. The van der Waals surface area contributed by atoms with Crippen LogP contribution in [-0.2, 0) is 9.47 Å². The van der Waals surface area contributed by atoms with Crippen LogP contribution in [0.15, 0.2) is 60.7 Å². The Morgan fingerprint density at radius 1 is 0.607 bits per heavy atom. The molecule has 8 nitrogen and oxygen atoms in total. The summed E-state index contributed by atoms with van der Waals surface area (Å²) in [5.74, 6) is -1.76. The third kappa shape index (κ3) is 14.4. The molecule has 0 radical (unpaired) electrons. The van der Waals surface area contributed by atoms with E-state index in [4.69, 9.17) is 29.9 Å². The van der Waals surface area contributed by atoms with Crippen LogP contribution in [0.4, 0.5) is 0 Å². The Labute approximate surface area is 163 Å². The van der Waals surface area contributed by atoms with Crippen molar-refractivity contribution in [2.24, 2.45) is 0 Å². The van der Waals surface area contributed by atoms with Crippen LogP contribution < -0.4 is 0 Å². The van der Waals surface area contributed by atoms with Gasteiger partial charge < -0.3 is 29.9 Å². The zero-order valence-corrected chi connectivity index (χ0v) is 15.4. The summed E-state index contributed by atoms with van der Waals surface area (Å²) >= 11 is 0. The van der Waals surface area contributed by atoms with Crippen LogP contribution in [0.3, 0.4) is 0 Å². The van der Waals surface area contributed by atoms with Gasteiger partial charge in [-0.15, -0.1) is 0 Å². The van der Waals surface area contributed by atoms with Crippen LogP contribution in [-0.4, -0.2) is 72.0 Å². The zero-order valence-electron chi connectivity index (χ0n) is 15.4. The van der Waals surface area contributed by atoms with Gasteiger partial charge in [0.1, 0.15) is 0 Å². The van der Waals surface area contributed by atoms with E-state index in [2.05, 4.69) is 0 Å². The van der Waals surface area contributed by atoms with E-state index in [1.807, 2.05) is 0 Å². The van der Waals surface area contributed by atoms with E-state index in [1.165, 1.54) is 0 Å². The van der Waals surface area contributed by atoms with Gasteiger partial charge in [-0.3, -0.25) is 0 Å². The van der Waals surface area contributed by atoms with Crippen molar-refractivity contribution in [2.45, 2.75) is 0 Å². The average molecular weight is 394 g/mol. The summed E-state index contributed by atoms with van der Waals surface area (Å²) in [6.07, 6.45) is 0. The van der Waals surface area contributed by atoms with Crippen molar-refractivity contribution in [1.82, 2.24) is 0 Å². The first kappa shape index (κ1) is 25.2. The monoisotopic (exact) mass is 394 g/mol. The highest BCUT2D eigenvalue weighted by molar-refractivity contribution is 5.87. The lowest BCUT2D eigenvalue weighted by Crippen LogP contribution is -2.09. The topological polar surface area (TPSA) is 134 Å². The Kier molecular flexibility index (Phi) is 15.9. The Morgan fingerprint density at radius 3 is 1.14 bits per heavy atom. The summed E-state index contributed by atoms with van der Waals surface area (Å²) < 4.78 is 9.75. The van der Waals surface area contributed by atoms with E-state index in [0.717, 1.165) is 0 Å². The maximum atomic E-state index is 10.2. The van der Waals surface area contributed by atoms with Crippen molar-refractivity contribution in [3.05, 3.63) is 71.8 Å². The van der Waals surface area contributed by atoms with Gasteiger partial charge in [0.05, 0.1) is 50.8 Å². The van der Waals surface area contributed by atoms with E-state index in [-0.39, 0.29) is 13.2 Å². The molecular formula is C20H26O8. The zero-order chi connectivity index (χ0) is 21.0. The number of aliphatic hydroxyl groups excluding tert-OH is 2. The summed E-state index contributed by atoms with van der Waals surface area (Å²) in [6.45, 7) is 1.73. The smallest absolute Gasteiger partial charge is 0.335 e. The van der Waals surface area contributed by atoms with E-state index in [0.29, 0.717) is 37.6 Å². The summed E-state index contributed by atoms with van der Waals surface area (Å²) in [4.78, 5) is 20.4. The van der Waals surface area contributed by atoms with E-state index >= 15 is 0 Å². The fraction of sp³-hybridized carbons (Fsp3) is 0.300. The van der Waals surface area contributed by atoms with Crippen molar-refractivity contribution in [3.8, 4) is 0 Å². The fourth-order valence-electron chi connectivity index (χ4n) is 1.61. The van der Waals surface area contributed by atoms with Crippen molar-refractivity contribution in [1.29, 1.82) is 0 Å². The SMILES string of the molecule is O=C(O)c1ccccc1.O=C(O)c1ccccc1.OCCOCCOCCO. The molecule has 0 amide bonds. The second kappa shape index (κ2) is 17.6. The van der Waals surface area contributed by atoms with Gasteiger partial charge in [0.2, 0.25) is 0 Å². The molecule has 0 aliphatic carbocycles.